The largest absolute Gasteiger partial charge is 0.397 e. The van der Waals surface area contributed by atoms with E-state index in [4.69, 9.17) is 28.9 Å². The van der Waals surface area contributed by atoms with E-state index >= 15 is 0 Å². The molecule has 2 N–H and O–H groups in total. The van der Waals surface area contributed by atoms with Gasteiger partial charge < -0.3 is 5.73 Å². The Labute approximate surface area is 126 Å². The molecule has 0 aliphatic heterocycles. The molecular formula is C15H12Cl2FNO. The van der Waals surface area contributed by atoms with Gasteiger partial charge in [-0.2, -0.15) is 0 Å². The third-order valence-electron chi connectivity index (χ3n) is 3.02. The Bertz CT molecular complexity index is 608. The first-order chi connectivity index (χ1) is 9.31. The van der Waals surface area contributed by atoms with Crippen molar-refractivity contribution in [1.82, 2.24) is 0 Å². The molecule has 0 aliphatic rings. The van der Waals surface area contributed by atoms with Crippen LogP contribution in [0.1, 0.15) is 27.0 Å². The molecule has 0 bridgehead atoms. The maximum absolute atomic E-state index is 13.6. The molecular weight excluding hydrogens is 300 g/mol. The highest BCUT2D eigenvalue weighted by atomic mass is 35.5. The second-order valence-corrected chi connectivity index (χ2v) is 5.40. The van der Waals surface area contributed by atoms with Crippen LogP contribution in [0.25, 0.3) is 0 Å². The van der Waals surface area contributed by atoms with Gasteiger partial charge in [0.25, 0.3) is 0 Å². The molecule has 104 valence electrons. The quantitative estimate of drug-likeness (QED) is 0.652. The normalized spacial score (nSPS) is 10.7. The molecule has 2 nitrogen and oxygen atoms in total. The summed E-state index contributed by atoms with van der Waals surface area (Å²) in [6.45, 7) is 3.23. The van der Waals surface area contributed by atoms with Gasteiger partial charge in [0.05, 0.1) is 15.7 Å². The fourth-order valence-electron chi connectivity index (χ4n) is 1.99. The molecule has 5 heteroatoms. The molecule has 0 saturated carbocycles. The summed E-state index contributed by atoms with van der Waals surface area (Å²) in [6.07, 6.45) is 0. The van der Waals surface area contributed by atoms with Crippen LogP contribution in [0.15, 0.2) is 24.3 Å². The summed E-state index contributed by atoms with van der Waals surface area (Å²) in [5.74, 6) is -0.586. The summed E-state index contributed by atoms with van der Waals surface area (Å²) in [5.41, 5.74) is 7.47. The van der Waals surface area contributed by atoms with Crippen LogP contribution >= 0.6 is 23.2 Å². The van der Waals surface area contributed by atoms with Crippen LogP contribution in [0.5, 0.6) is 0 Å². The number of benzene rings is 2. The van der Waals surface area contributed by atoms with Crippen molar-refractivity contribution >= 4 is 34.7 Å². The fourth-order valence-corrected chi connectivity index (χ4v) is 2.32. The van der Waals surface area contributed by atoms with Crippen molar-refractivity contribution in [1.29, 1.82) is 0 Å². The number of carbonyl (C=O) groups is 1. The van der Waals surface area contributed by atoms with Crippen LogP contribution in [0.2, 0.25) is 10.0 Å². The number of ketones is 1. The lowest BCUT2D eigenvalue weighted by molar-refractivity contribution is 0.103. The maximum atomic E-state index is 13.6. The first-order valence-corrected chi connectivity index (χ1v) is 6.63. The Morgan fingerprint density at radius 3 is 2.05 bits per heavy atom. The molecule has 0 spiro atoms. The number of nitrogen functional groups attached to an aromatic ring is 1. The Hall–Kier alpha value is -1.58. The van der Waals surface area contributed by atoms with Gasteiger partial charge in [0.2, 0.25) is 0 Å². The number of halogens is 3. The molecule has 0 aromatic heterocycles. The van der Waals surface area contributed by atoms with E-state index in [9.17, 15) is 9.18 Å². The zero-order valence-corrected chi connectivity index (χ0v) is 12.4. The van der Waals surface area contributed by atoms with Crippen molar-refractivity contribution in [3.63, 3.8) is 0 Å². The van der Waals surface area contributed by atoms with E-state index in [1.54, 1.807) is 13.8 Å². The molecule has 0 fully saturated rings. The van der Waals surface area contributed by atoms with Crippen LogP contribution in [0, 0.1) is 19.7 Å². The minimum absolute atomic E-state index is 0.213. The minimum atomic E-state index is -0.310. The summed E-state index contributed by atoms with van der Waals surface area (Å²) in [4.78, 5) is 12.4. The molecule has 2 rings (SSSR count). The van der Waals surface area contributed by atoms with E-state index in [1.807, 2.05) is 0 Å². The highest BCUT2D eigenvalue weighted by molar-refractivity contribution is 6.44. The van der Waals surface area contributed by atoms with Crippen molar-refractivity contribution in [3.05, 3.63) is 62.4 Å². The molecule has 0 atom stereocenters. The summed E-state index contributed by atoms with van der Waals surface area (Å²) in [6, 6.07) is 5.92. The summed E-state index contributed by atoms with van der Waals surface area (Å²) < 4.78 is 13.6. The van der Waals surface area contributed by atoms with Gasteiger partial charge in [-0.05, 0) is 49.2 Å². The average Bonchev–Trinajstić information content (AvgIpc) is 2.40. The Kier molecular flexibility index (Phi) is 4.02. The van der Waals surface area contributed by atoms with E-state index < -0.39 is 0 Å². The number of anilines is 1. The van der Waals surface area contributed by atoms with Gasteiger partial charge in [-0.1, -0.05) is 23.2 Å². The Morgan fingerprint density at radius 1 is 1.05 bits per heavy atom. The first-order valence-electron chi connectivity index (χ1n) is 5.87. The van der Waals surface area contributed by atoms with Crippen LogP contribution in [0.4, 0.5) is 10.1 Å². The van der Waals surface area contributed by atoms with Gasteiger partial charge in [-0.15, -0.1) is 0 Å². The molecule has 2 aromatic carbocycles. The second-order valence-electron chi connectivity index (χ2n) is 4.61. The van der Waals surface area contributed by atoms with E-state index in [-0.39, 0.29) is 27.3 Å². The minimum Gasteiger partial charge on any atom is -0.397 e. The number of hydrogen-bond donors (Lipinski definition) is 1. The lowest BCUT2D eigenvalue weighted by Gasteiger charge is -2.08. The summed E-state index contributed by atoms with van der Waals surface area (Å²) >= 11 is 11.8. The monoisotopic (exact) mass is 311 g/mol. The fraction of sp³-hybridized carbons (Fsp3) is 0.133. The summed E-state index contributed by atoms with van der Waals surface area (Å²) in [5, 5.41) is 0.431. The SMILES string of the molecule is Cc1cc(C(=O)c2cc(N)c(Cl)c(Cl)c2)cc(C)c1F. The number of hydrogen-bond acceptors (Lipinski definition) is 2. The zero-order valence-electron chi connectivity index (χ0n) is 10.9. The van der Waals surface area contributed by atoms with Gasteiger partial charge in [0.1, 0.15) is 5.82 Å². The Morgan fingerprint density at radius 2 is 1.55 bits per heavy atom. The van der Waals surface area contributed by atoms with Crippen LogP contribution in [-0.2, 0) is 0 Å². The third kappa shape index (κ3) is 2.65. The van der Waals surface area contributed by atoms with E-state index in [1.165, 1.54) is 24.3 Å². The highest BCUT2D eigenvalue weighted by Gasteiger charge is 2.15. The number of nitrogens with two attached hydrogens (primary N) is 1. The lowest BCUT2D eigenvalue weighted by atomic mass is 9.98. The van der Waals surface area contributed by atoms with Crippen molar-refractivity contribution in [2.24, 2.45) is 0 Å². The molecule has 0 aliphatic carbocycles. The predicted octanol–water partition coefficient (Wildman–Crippen LogP) is 4.56. The van der Waals surface area contributed by atoms with Gasteiger partial charge in [0, 0.05) is 11.1 Å². The first kappa shape index (κ1) is 14.8. The van der Waals surface area contributed by atoms with Crippen molar-refractivity contribution in [3.8, 4) is 0 Å². The predicted molar refractivity (Wildman–Crippen MR) is 80.2 cm³/mol. The van der Waals surface area contributed by atoms with E-state index in [0.29, 0.717) is 22.3 Å². The van der Waals surface area contributed by atoms with Crippen molar-refractivity contribution in [2.45, 2.75) is 13.8 Å². The van der Waals surface area contributed by atoms with E-state index in [2.05, 4.69) is 0 Å². The zero-order chi connectivity index (χ0) is 15.0. The molecule has 20 heavy (non-hydrogen) atoms. The molecule has 2 aromatic rings. The van der Waals surface area contributed by atoms with E-state index in [0.717, 1.165) is 0 Å². The van der Waals surface area contributed by atoms with Crippen LogP contribution < -0.4 is 5.73 Å². The van der Waals surface area contributed by atoms with Gasteiger partial charge in [0.15, 0.2) is 5.78 Å². The number of aryl methyl sites for hydroxylation is 2. The third-order valence-corrected chi connectivity index (χ3v) is 3.83. The van der Waals surface area contributed by atoms with Gasteiger partial charge >= 0.3 is 0 Å². The van der Waals surface area contributed by atoms with Crippen LogP contribution in [-0.4, -0.2) is 5.78 Å². The summed E-state index contributed by atoms with van der Waals surface area (Å²) in [7, 11) is 0. The molecule has 0 saturated heterocycles. The number of rotatable bonds is 2. The van der Waals surface area contributed by atoms with Crippen molar-refractivity contribution in [2.75, 3.05) is 5.73 Å². The smallest absolute Gasteiger partial charge is 0.193 e. The Balaban J connectivity index is 2.52. The standard InChI is InChI=1S/C15H12Cl2FNO/c1-7-3-9(4-8(2)14(7)18)15(20)10-5-11(16)13(17)12(19)6-10/h3-6H,19H2,1-2H3. The average molecular weight is 312 g/mol. The number of carbonyl (C=O) groups excluding carboxylic acids is 1. The van der Waals surface area contributed by atoms with Gasteiger partial charge in [-0.3, -0.25) is 4.79 Å². The molecule has 0 radical (unpaired) electrons. The highest BCUT2D eigenvalue weighted by Crippen LogP contribution is 2.30. The molecule has 0 heterocycles. The molecule has 0 unspecified atom stereocenters. The lowest BCUT2D eigenvalue weighted by Crippen LogP contribution is -2.05. The van der Waals surface area contributed by atoms with Crippen molar-refractivity contribution < 1.29 is 9.18 Å². The molecule has 0 amide bonds. The second kappa shape index (κ2) is 5.43. The topological polar surface area (TPSA) is 43.1 Å². The maximum Gasteiger partial charge on any atom is 0.193 e. The van der Waals surface area contributed by atoms with Crippen LogP contribution in [0.3, 0.4) is 0 Å². The van der Waals surface area contributed by atoms with Gasteiger partial charge in [-0.25, -0.2) is 4.39 Å².